The molecule has 1 heterocycles. The number of methoxy groups -OCH3 is 1. The van der Waals surface area contributed by atoms with Crippen molar-refractivity contribution in [2.24, 2.45) is 0 Å². The second-order valence-electron chi connectivity index (χ2n) is 4.83. The van der Waals surface area contributed by atoms with Crippen LogP contribution in [0.3, 0.4) is 0 Å². The van der Waals surface area contributed by atoms with Crippen LogP contribution in [0.1, 0.15) is 19.2 Å². The predicted molar refractivity (Wildman–Crippen MR) is 88.7 cm³/mol. The zero-order chi connectivity index (χ0) is 16.7. The SMILES string of the molecule is CCn1cnnc1CNC(=O)CCNc1cc(Cl)ccc1OC. The van der Waals surface area contributed by atoms with E-state index in [1.54, 1.807) is 31.6 Å². The Balaban J connectivity index is 1.78. The fraction of sp³-hybridized carbons (Fsp3) is 0.400. The van der Waals surface area contributed by atoms with E-state index in [0.717, 1.165) is 18.1 Å². The number of benzene rings is 1. The summed E-state index contributed by atoms with van der Waals surface area (Å²) in [6.07, 6.45) is 1.98. The lowest BCUT2D eigenvalue weighted by molar-refractivity contribution is -0.121. The van der Waals surface area contributed by atoms with Gasteiger partial charge in [0.1, 0.15) is 12.1 Å². The molecule has 0 unspecified atom stereocenters. The monoisotopic (exact) mass is 337 g/mol. The predicted octanol–water partition coefficient (Wildman–Crippen LogP) is 2.08. The molecule has 0 saturated heterocycles. The summed E-state index contributed by atoms with van der Waals surface area (Å²) in [5, 5.41) is 14.4. The number of carbonyl (C=O) groups excluding carboxylic acids is 1. The van der Waals surface area contributed by atoms with E-state index in [-0.39, 0.29) is 5.91 Å². The summed E-state index contributed by atoms with van der Waals surface area (Å²) in [6.45, 7) is 3.61. The Labute approximate surface area is 140 Å². The van der Waals surface area contributed by atoms with Crippen molar-refractivity contribution in [2.75, 3.05) is 19.0 Å². The Bertz CT molecular complexity index is 659. The molecule has 124 valence electrons. The van der Waals surface area contributed by atoms with Crippen LogP contribution in [0.2, 0.25) is 5.02 Å². The van der Waals surface area contributed by atoms with E-state index in [1.807, 2.05) is 11.5 Å². The first-order valence-corrected chi connectivity index (χ1v) is 7.72. The number of nitrogens with zero attached hydrogens (tertiary/aromatic N) is 3. The van der Waals surface area contributed by atoms with Gasteiger partial charge in [-0.1, -0.05) is 11.6 Å². The van der Waals surface area contributed by atoms with E-state index in [2.05, 4.69) is 20.8 Å². The van der Waals surface area contributed by atoms with Gasteiger partial charge < -0.3 is 19.9 Å². The van der Waals surface area contributed by atoms with Crippen molar-refractivity contribution in [1.29, 1.82) is 0 Å². The van der Waals surface area contributed by atoms with Crippen LogP contribution in [0.15, 0.2) is 24.5 Å². The highest BCUT2D eigenvalue weighted by atomic mass is 35.5. The molecule has 23 heavy (non-hydrogen) atoms. The Hall–Kier alpha value is -2.28. The molecule has 1 amide bonds. The number of amides is 1. The minimum Gasteiger partial charge on any atom is -0.495 e. The van der Waals surface area contributed by atoms with Crippen LogP contribution < -0.4 is 15.4 Å². The van der Waals surface area contributed by atoms with Crippen molar-refractivity contribution >= 4 is 23.2 Å². The largest absolute Gasteiger partial charge is 0.495 e. The van der Waals surface area contributed by atoms with Gasteiger partial charge in [-0.05, 0) is 25.1 Å². The van der Waals surface area contributed by atoms with Crippen molar-refractivity contribution in [1.82, 2.24) is 20.1 Å². The average Bonchev–Trinajstić information content (AvgIpc) is 3.00. The van der Waals surface area contributed by atoms with Gasteiger partial charge in [0.15, 0.2) is 5.82 Å². The van der Waals surface area contributed by atoms with Crippen molar-refractivity contribution in [2.45, 2.75) is 26.4 Å². The number of ether oxygens (including phenoxy) is 1. The summed E-state index contributed by atoms with van der Waals surface area (Å²) in [5.74, 6) is 1.36. The number of hydrogen-bond acceptors (Lipinski definition) is 5. The Morgan fingerprint density at radius 1 is 1.43 bits per heavy atom. The quantitative estimate of drug-likeness (QED) is 0.770. The van der Waals surface area contributed by atoms with Crippen LogP contribution in [0, 0.1) is 0 Å². The summed E-state index contributed by atoms with van der Waals surface area (Å²) >= 11 is 5.96. The van der Waals surface area contributed by atoms with Gasteiger partial charge in [-0.25, -0.2) is 0 Å². The molecule has 0 aliphatic heterocycles. The Morgan fingerprint density at radius 3 is 3.00 bits per heavy atom. The van der Waals surface area contributed by atoms with Crippen molar-refractivity contribution in [3.05, 3.63) is 35.4 Å². The molecule has 2 rings (SSSR count). The second-order valence-corrected chi connectivity index (χ2v) is 5.27. The van der Waals surface area contributed by atoms with Crippen molar-refractivity contribution in [3.63, 3.8) is 0 Å². The van der Waals surface area contributed by atoms with E-state index < -0.39 is 0 Å². The fourth-order valence-corrected chi connectivity index (χ4v) is 2.25. The lowest BCUT2D eigenvalue weighted by Gasteiger charge is -2.11. The lowest BCUT2D eigenvalue weighted by atomic mass is 10.2. The molecule has 0 aliphatic rings. The Kier molecular flexibility index (Phi) is 6.22. The highest BCUT2D eigenvalue weighted by molar-refractivity contribution is 6.30. The topological polar surface area (TPSA) is 81.1 Å². The number of aryl methyl sites for hydroxylation is 1. The highest BCUT2D eigenvalue weighted by Gasteiger charge is 2.07. The third-order valence-corrected chi connectivity index (χ3v) is 3.54. The average molecular weight is 338 g/mol. The summed E-state index contributed by atoms with van der Waals surface area (Å²) in [7, 11) is 1.59. The number of anilines is 1. The molecule has 0 aliphatic carbocycles. The molecule has 0 bridgehead atoms. The van der Waals surface area contributed by atoms with Crippen LogP contribution in [0.25, 0.3) is 0 Å². The molecule has 8 heteroatoms. The second kappa shape index (κ2) is 8.38. The molecule has 2 aromatic rings. The van der Waals surface area contributed by atoms with Gasteiger partial charge in [0, 0.05) is 24.5 Å². The zero-order valence-electron chi connectivity index (χ0n) is 13.2. The highest BCUT2D eigenvalue weighted by Crippen LogP contribution is 2.27. The van der Waals surface area contributed by atoms with Gasteiger partial charge in [-0.15, -0.1) is 10.2 Å². The normalized spacial score (nSPS) is 10.4. The molecule has 1 aromatic heterocycles. The summed E-state index contributed by atoms with van der Waals surface area (Å²) in [6, 6.07) is 5.30. The van der Waals surface area contributed by atoms with Crippen LogP contribution in [0.5, 0.6) is 5.75 Å². The van der Waals surface area contributed by atoms with Gasteiger partial charge in [0.25, 0.3) is 0 Å². The molecular weight excluding hydrogens is 318 g/mol. The molecule has 2 N–H and O–H groups in total. The summed E-state index contributed by atoms with van der Waals surface area (Å²) in [4.78, 5) is 11.9. The maximum Gasteiger partial charge on any atom is 0.222 e. The minimum atomic E-state index is -0.0656. The van der Waals surface area contributed by atoms with E-state index in [1.165, 1.54) is 0 Å². The molecule has 0 fully saturated rings. The number of carbonyl (C=O) groups is 1. The van der Waals surface area contributed by atoms with Crippen LogP contribution >= 0.6 is 11.6 Å². The first-order valence-electron chi connectivity index (χ1n) is 7.34. The minimum absolute atomic E-state index is 0.0656. The summed E-state index contributed by atoms with van der Waals surface area (Å²) in [5.41, 5.74) is 0.763. The lowest BCUT2D eigenvalue weighted by Crippen LogP contribution is -2.26. The number of halogens is 1. The first kappa shape index (κ1) is 17.1. The molecule has 0 radical (unpaired) electrons. The van der Waals surface area contributed by atoms with E-state index in [0.29, 0.717) is 30.3 Å². The summed E-state index contributed by atoms with van der Waals surface area (Å²) < 4.78 is 7.12. The van der Waals surface area contributed by atoms with Gasteiger partial charge in [0.05, 0.1) is 19.3 Å². The molecule has 0 saturated carbocycles. The first-order chi connectivity index (χ1) is 11.1. The van der Waals surface area contributed by atoms with E-state index in [4.69, 9.17) is 16.3 Å². The zero-order valence-corrected chi connectivity index (χ0v) is 13.9. The number of nitrogens with one attached hydrogen (secondary N) is 2. The number of hydrogen-bond donors (Lipinski definition) is 2. The van der Waals surface area contributed by atoms with E-state index in [9.17, 15) is 4.79 Å². The smallest absolute Gasteiger partial charge is 0.222 e. The number of aromatic nitrogens is 3. The molecule has 0 spiro atoms. The maximum atomic E-state index is 11.9. The molecule has 1 aromatic carbocycles. The maximum absolute atomic E-state index is 11.9. The van der Waals surface area contributed by atoms with Gasteiger partial charge in [0.2, 0.25) is 5.91 Å². The fourth-order valence-electron chi connectivity index (χ4n) is 2.08. The van der Waals surface area contributed by atoms with Gasteiger partial charge >= 0.3 is 0 Å². The van der Waals surface area contributed by atoms with Crippen LogP contribution in [0.4, 0.5) is 5.69 Å². The molecule has 0 atom stereocenters. The molecule has 7 nitrogen and oxygen atoms in total. The third-order valence-electron chi connectivity index (χ3n) is 3.31. The van der Waals surface area contributed by atoms with Gasteiger partial charge in [-0.2, -0.15) is 0 Å². The standard InChI is InChI=1S/C15H20ClN5O2/c1-3-21-10-19-20-14(21)9-18-15(22)6-7-17-12-8-11(16)4-5-13(12)23-2/h4-5,8,10,17H,3,6-7,9H2,1-2H3,(H,18,22). The van der Waals surface area contributed by atoms with Crippen molar-refractivity contribution in [3.8, 4) is 5.75 Å². The Morgan fingerprint density at radius 2 is 2.26 bits per heavy atom. The van der Waals surface area contributed by atoms with Gasteiger partial charge in [-0.3, -0.25) is 4.79 Å². The van der Waals surface area contributed by atoms with Crippen LogP contribution in [-0.2, 0) is 17.9 Å². The molecular formula is C15H20ClN5O2. The number of rotatable bonds is 8. The van der Waals surface area contributed by atoms with Crippen LogP contribution in [-0.4, -0.2) is 34.3 Å². The van der Waals surface area contributed by atoms with Crippen molar-refractivity contribution < 1.29 is 9.53 Å². The van der Waals surface area contributed by atoms with E-state index >= 15 is 0 Å². The third kappa shape index (κ3) is 4.85.